The van der Waals surface area contributed by atoms with Gasteiger partial charge in [0, 0.05) is 38.4 Å². The average Bonchev–Trinajstić information content (AvgIpc) is 2.49. The molecular formula is C15H22ClFN2O2. The molecule has 21 heavy (non-hydrogen) atoms. The van der Waals surface area contributed by atoms with E-state index in [1.54, 1.807) is 12.1 Å². The summed E-state index contributed by atoms with van der Waals surface area (Å²) in [5.41, 5.74) is 5.52. The molecule has 1 unspecified atom stereocenters. The van der Waals surface area contributed by atoms with E-state index in [0.29, 0.717) is 25.4 Å². The number of amides is 1. The van der Waals surface area contributed by atoms with Crippen LogP contribution in [-0.4, -0.2) is 36.5 Å². The second-order valence-corrected chi connectivity index (χ2v) is 5.23. The first-order valence-corrected chi connectivity index (χ1v) is 7.01. The van der Waals surface area contributed by atoms with Crippen LogP contribution in [0.3, 0.4) is 0 Å². The fourth-order valence-corrected chi connectivity index (χ4v) is 2.31. The Morgan fingerprint density at radius 3 is 2.48 bits per heavy atom. The van der Waals surface area contributed by atoms with E-state index in [9.17, 15) is 9.18 Å². The molecule has 1 amide bonds. The van der Waals surface area contributed by atoms with Gasteiger partial charge in [-0.2, -0.15) is 0 Å². The number of nitrogens with zero attached hydrogens (tertiary/aromatic N) is 1. The highest BCUT2D eigenvalue weighted by Gasteiger charge is 2.26. The highest BCUT2D eigenvalue weighted by atomic mass is 35.5. The Kier molecular flexibility index (Phi) is 6.92. The standard InChI is InChI=1S/C15H21FN2O2.ClH/c1-11(10-17)15(19)18-8-6-14(7-9-18)20-13-4-2-12(16)3-5-13;/h2-5,11,14H,6-10,17H2,1H3;1H. The number of rotatable bonds is 4. The first kappa shape index (κ1) is 17.7. The zero-order valence-corrected chi connectivity index (χ0v) is 12.9. The second-order valence-electron chi connectivity index (χ2n) is 5.23. The van der Waals surface area contributed by atoms with Gasteiger partial charge in [-0.25, -0.2) is 4.39 Å². The van der Waals surface area contributed by atoms with Crippen molar-refractivity contribution in [2.75, 3.05) is 19.6 Å². The molecule has 2 N–H and O–H groups in total. The van der Waals surface area contributed by atoms with Crippen LogP contribution in [0.5, 0.6) is 5.75 Å². The normalized spacial score (nSPS) is 17.0. The number of benzene rings is 1. The van der Waals surface area contributed by atoms with Crippen molar-refractivity contribution in [2.45, 2.75) is 25.9 Å². The fraction of sp³-hybridized carbons (Fsp3) is 0.533. The summed E-state index contributed by atoms with van der Waals surface area (Å²) in [4.78, 5) is 13.8. The molecule has 4 nitrogen and oxygen atoms in total. The summed E-state index contributed by atoms with van der Waals surface area (Å²) in [5.74, 6) is 0.400. The van der Waals surface area contributed by atoms with Gasteiger partial charge < -0.3 is 15.4 Å². The Labute approximate surface area is 130 Å². The molecule has 1 saturated heterocycles. The molecule has 0 aromatic heterocycles. The van der Waals surface area contributed by atoms with E-state index in [1.807, 2.05) is 11.8 Å². The lowest BCUT2D eigenvalue weighted by atomic mass is 10.0. The number of likely N-dealkylation sites (tertiary alicyclic amines) is 1. The summed E-state index contributed by atoms with van der Waals surface area (Å²) in [6.45, 7) is 3.61. The molecule has 1 heterocycles. The summed E-state index contributed by atoms with van der Waals surface area (Å²) >= 11 is 0. The number of piperidine rings is 1. The van der Waals surface area contributed by atoms with E-state index < -0.39 is 0 Å². The summed E-state index contributed by atoms with van der Waals surface area (Å²) in [6.07, 6.45) is 1.67. The number of carbonyl (C=O) groups excluding carboxylic acids is 1. The third-order valence-electron chi connectivity index (χ3n) is 3.65. The summed E-state index contributed by atoms with van der Waals surface area (Å²) < 4.78 is 18.6. The smallest absolute Gasteiger partial charge is 0.226 e. The Morgan fingerprint density at radius 2 is 1.95 bits per heavy atom. The third kappa shape index (κ3) is 4.86. The van der Waals surface area contributed by atoms with Crippen molar-refractivity contribution in [1.29, 1.82) is 0 Å². The number of ether oxygens (including phenoxy) is 1. The number of halogens is 2. The van der Waals surface area contributed by atoms with Crippen LogP contribution < -0.4 is 10.5 Å². The first-order chi connectivity index (χ1) is 9.60. The van der Waals surface area contributed by atoms with Gasteiger partial charge in [0.25, 0.3) is 0 Å². The summed E-state index contributed by atoms with van der Waals surface area (Å²) in [6, 6.07) is 6.03. The van der Waals surface area contributed by atoms with Crippen molar-refractivity contribution in [2.24, 2.45) is 11.7 Å². The molecule has 1 fully saturated rings. The molecule has 1 atom stereocenters. The van der Waals surface area contributed by atoms with Crippen LogP contribution >= 0.6 is 12.4 Å². The monoisotopic (exact) mass is 316 g/mol. The molecule has 0 radical (unpaired) electrons. The van der Waals surface area contributed by atoms with Gasteiger partial charge in [-0.1, -0.05) is 6.92 Å². The zero-order valence-electron chi connectivity index (χ0n) is 12.1. The van der Waals surface area contributed by atoms with E-state index in [-0.39, 0.29) is 36.2 Å². The fourth-order valence-electron chi connectivity index (χ4n) is 2.31. The van der Waals surface area contributed by atoms with Crippen molar-refractivity contribution >= 4 is 18.3 Å². The van der Waals surface area contributed by atoms with Crippen LogP contribution in [0.1, 0.15) is 19.8 Å². The van der Waals surface area contributed by atoms with E-state index in [2.05, 4.69) is 0 Å². The predicted octanol–water partition coefficient (Wildman–Crippen LogP) is 2.21. The van der Waals surface area contributed by atoms with Crippen LogP contribution in [-0.2, 0) is 4.79 Å². The minimum absolute atomic E-state index is 0. The molecule has 0 aliphatic carbocycles. The SMILES string of the molecule is CC(CN)C(=O)N1CCC(Oc2ccc(F)cc2)CC1.Cl. The van der Waals surface area contributed by atoms with Crippen molar-refractivity contribution in [1.82, 2.24) is 4.90 Å². The Morgan fingerprint density at radius 1 is 1.38 bits per heavy atom. The van der Waals surface area contributed by atoms with Gasteiger partial charge in [-0.3, -0.25) is 4.79 Å². The third-order valence-corrected chi connectivity index (χ3v) is 3.65. The number of nitrogens with two attached hydrogens (primary N) is 1. The van der Waals surface area contributed by atoms with Gasteiger partial charge in [-0.05, 0) is 24.3 Å². The van der Waals surface area contributed by atoms with Crippen LogP contribution in [0.25, 0.3) is 0 Å². The lowest BCUT2D eigenvalue weighted by Crippen LogP contribution is -2.45. The van der Waals surface area contributed by atoms with Crippen molar-refractivity contribution in [3.63, 3.8) is 0 Å². The highest BCUT2D eigenvalue weighted by molar-refractivity contribution is 5.85. The zero-order chi connectivity index (χ0) is 14.5. The number of hydrogen-bond donors (Lipinski definition) is 1. The van der Waals surface area contributed by atoms with E-state index >= 15 is 0 Å². The van der Waals surface area contributed by atoms with Crippen LogP contribution in [0.15, 0.2) is 24.3 Å². The number of hydrogen-bond acceptors (Lipinski definition) is 3. The topological polar surface area (TPSA) is 55.6 Å². The average molecular weight is 317 g/mol. The lowest BCUT2D eigenvalue weighted by Gasteiger charge is -2.33. The molecule has 1 aliphatic rings. The predicted molar refractivity (Wildman–Crippen MR) is 82.1 cm³/mol. The molecule has 1 aliphatic heterocycles. The Hall–Kier alpha value is -1.33. The Balaban J connectivity index is 0.00000220. The van der Waals surface area contributed by atoms with E-state index in [4.69, 9.17) is 10.5 Å². The van der Waals surface area contributed by atoms with Crippen LogP contribution in [0.2, 0.25) is 0 Å². The molecule has 0 saturated carbocycles. The molecule has 0 bridgehead atoms. The van der Waals surface area contributed by atoms with Crippen molar-refractivity contribution in [3.05, 3.63) is 30.1 Å². The lowest BCUT2D eigenvalue weighted by molar-refractivity contribution is -0.136. The summed E-state index contributed by atoms with van der Waals surface area (Å²) in [5, 5.41) is 0. The van der Waals surface area contributed by atoms with Gasteiger partial charge in [0.2, 0.25) is 5.91 Å². The number of carbonyl (C=O) groups is 1. The highest BCUT2D eigenvalue weighted by Crippen LogP contribution is 2.20. The van der Waals surface area contributed by atoms with Gasteiger partial charge in [0.15, 0.2) is 0 Å². The quantitative estimate of drug-likeness (QED) is 0.926. The maximum absolute atomic E-state index is 12.8. The maximum Gasteiger partial charge on any atom is 0.226 e. The first-order valence-electron chi connectivity index (χ1n) is 7.01. The van der Waals surface area contributed by atoms with Crippen molar-refractivity contribution < 1.29 is 13.9 Å². The van der Waals surface area contributed by atoms with Crippen LogP contribution in [0.4, 0.5) is 4.39 Å². The van der Waals surface area contributed by atoms with Gasteiger partial charge in [0.1, 0.15) is 17.7 Å². The van der Waals surface area contributed by atoms with E-state index in [1.165, 1.54) is 12.1 Å². The molecule has 1 aromatic carbocycles. The molecule has 2 rings (SSSR count). The molecule has 0 spiro atoms. The molecule has 118 valence electrons. The van der Waals surface area contributed by atoms with E-state index in [0.717, 1.165) is 12.8 Å². The van der Waals surface area contributed by atoms with Crippen LogP contribution in [0, 0.1) is 11.7 Å². The minimum Gasteiger partial charge on any atom is -0.490 e. The Bertz CT molecular complexity index is 447. The minimum atomic E-state index is -0.270. The maximum atomic E-state index is 12.8. The molecule has 1 aromatic rings. The molecular weight excluding hydrogens is 295 g/mol. The van der Waals surface area contributed by atoms with Gasteiger partial charge in [-0.15, -0.1) is 12.4 Å². The second kappa shape index (κ2) is 8.20. The largest absolute Gasteiger partial charge is 0.490 e. The van der Waals surface area contributed by atoms with Gasteiger partial charge in [0.05, 0.1) is 0 Å². The van der Waals surface area contributed by atoms with Gasteiger partial charge >= 0.3 is 0 Å². The summed E-state index contributed by atoms with van der Waals surface area (Å²) in [7, 11) is 0. The molecule has 6 heteroatoms. The van der Waals surface area contributed by atoms with Crippen molar-refractivity contribution in [3.8, 4) is 5.75 Å².